The number of fused-ring (bicyclic) bond motifs is 1. The fourth-order valence-electron chi connectivity index (χ4n) is 1.75. The molecule has 5 heteroatoms. The van der Waals surface area contributed by atoms with Gasteiger partial charge in [-0.25, -0.2) is 4.79 Å². The van der Waals surface area contributed by atoms with Crippen molar-refractivity contribution in [2.45, 2.75) is 0 Å². The van der Waals surface area contributed by atoms with E-state index in [0.29, 0.717) is 29.9 Å². The van der Waals surface area contributed by atoms with Crippen molar-refractivity contribution in [3.05, 3.63) is 36.0 Å². The Morgan fingerprint density at radius 2 is 2.05 bits per heavy atom. The predicted molar refractivity (Wildman–Crippen MR) is 70.5 cm³/mol. The van der Waals surface area contributed by atoms with Crippen molar-refractivity contribution in [1.82, 2.24) is 4.98 Å². The maximum Gasteiger partial charge on any atom is 0.338 e. The van der Waals surface area contributed by atoms with Gasteiger partial charge in [0, 0.05) is 18.7 Å². The van der Waals surface area contributed by atoms with Gasteiger partial charge in [0.15, 0.2) is 0 Å². The summed E-state index contributed by atoms with van der Waals surface area (Å²) < 4.78 is 15.2. The molecule has 1 aromatic heterocycles. The molecule has 0 aliphatic carbocycles. The van der Waals surface area contributed by atoms with Crippen molar-refractivity contribution in [3.8, 4) is 5.75 Å². The Morgan fingerprint density at radius 3 is 2.79 bits per heavy atom. The highest BCUT2D eigenvalue weighted by Crippen LogP contribution is 2.23. The quantitative estimate of drug-likeness (QED) is 0.609. The van der Waals surface area contributed by atoms with Crippen molar-refractivity contribution in [1.29, 1.82) is 0 Å². The molecule has 0 fully saturated rings. The van der Waals surface area contributed by atoms with E-state index in [2.05, 4.69) is 4.98 Å². The van der Waals surface area contributed by atoms with Crippen LogP contribution in [0.25, 0.3) is 10.9 Å². The average molecular weight is 261 g/mol. The van der Waals surface area contributed by atoms with Crippen molar-refractivity contribution in [2.75, 3.05) is 27.4 Å². The van der Waals surface area contributed by atoms with E-state index in [1.165, 1.54) is 7.11 Å². The second-order valence-electron chi connectivity index (χ2n) is 3.87. The maximum absolute atomic E-state index is 11.7. The summed E-state index contributed by atoms with van der Waals surface area (Å²) in [4.78, 5) is 15.9. The fourth-order valence-corrected chi connectivity index (χ4v) is 1.75. The molecule has 0 unspecified atom stereocenters. The Kier molecular flexibility index (Phi) is 4.30. The lowest BCUT2D eigenvalue weighted by Crippen LogP contribution is -2.05. The molecule has 0 saturated heterocycles. The molecule has 0 bridgehead atoms. The summed E-state index contributed by atoms with van der Waals surface area (Å²) in [7, 11) is 2.97. The Bertz CT molecular complexity index is 583. The minimum Gasteiger partial charge on any atom is -0.491 e. The van der Waals surface area contributed by atoms with Gasteiger partial charge < -0.3 is 14.2 Å². The zero-order chi connectivity index (χ0) is 13.7. The van der Waals surface area contributed by atoms with Gasteiger partial charge in [-0.05, 0) is 24.3 Å². The number of esters is 1. The number of benzene rings is 1. The first-order valence-electron chi connectivity index (χ1n) is 5.85. The first-order chi connectivity index (χ1) is 9.26. The molecule has 0 aliphatic rings. The molecular formula is C14H15NO4. The van der Waals surface area contributed by atoms with Crippen LogP contribution in [0.4, 0.5) is 0 Å². The molecule has 0 amide bonds. The topological polar surface area (TPSA) is 57.7 Å². The lowest BCUT2D eigenvalue weighted by molar-refractivity contribution is 0.0603. The van der Waals surface area contributed by atoms with Crippen LogP contribution in [0.2, 0.25) is 0 Å². The third-order valence-corrected chi connectivity index (χ3v) is 2.67. The summed E-state index contributed by atoms with van der Waals surface area (Å²) >= 11 is 0. The normalized spacial score (nSPS) is 10.4. The Morgan fingerprint density at radius 1 is 1.21 bits per heavy atom. The van der Waals surface area contributed by atoms with Crippen molar-refractivity contribution in [3.63, 3.8) is 0 Å². The minimum atomic E-state index is -0.388. The van der Waals surface area contributed by atoms with Gasteiger partial charge in [0.2, 0.25) is 0 Å². The highest BCUT2D eigenvalue weighted by molar-refractivity contribution is 6.03. The zero-order valence-corrected chi connectivity index (χ0v) is 10.9. The fraction of sp³-hybridized carbons (Fsp3) is 0.286. The number of rotatable bonds is 5. The zero-order valence-electron chi connectivity index (χ0n) is 10.9. The number of carbonyl (C=O) groups excluding carboxylic acids is 1. The van der Waals surface area contributed by atoms with E-state index in [1.54, 1.807) is 25.4 Å². The second-order valence-corrected chi connectivity index (χ2v) is 3.87. The van der Waals surface area contributed by atoms with Crippen molar-refractivity contribution in [2.24, 2.45) is 0 Å². The number of nitrogens with zero attached hydrogens (tertiary/aromatic N) is 1. The summed E-state index contributed by atoms with van der Waals surface area (Å²) in [5.74, 6) is 0.282. The third kappa shape index (κ3) is 3.00. The van der Waals surface area contributed by atoms with Crippen LogP contribution in [0.3, 0.4) is 0 Å². The van der Waals surface area contributed by atoms with Crippen molar-refractivity contribution >= 4 is 16.9 Å². The van der Waals surface area contributed by atoms with E-state index in [-0.39, 0.29) is 5.97 Å². The molecule has 2 rings (SSSR count). The molecule has 1 aromatic carbocycles. The van der Waals surface area contributed by atoms with Crippen LogP contribution >= 0.6 is 0 Å². The molecule has 0 N–H and O–H groups in total. The molecule has 0 saturated carbocycles. The van der Waals surface area contributed by atoms with Crippen LogP contribution in [-0.2, 0) is 9.47 Å². The smallest absolute Gasteiger partial charge is 0.338 e. The second kappa shape index (κ2) is 6.15. The molecule has 0 spiro atoms. The number of methoxy groups -OCH3 is 2. The van der Waals surface area contributed by atoms with Gasteiger partial charge in [-0.3, -0.25) is 4.98 Å². The molecule has 0 aliphatic heterocycles. The van der Waals surface area contributed by atoms with Gasteiger partial charge in [-0.2, -0.15) is 0 Å². The highest BCUT2D eigenvalue weighted by atomic mass is 16.5. The van der Waals surface area contributed by atoms with Crippen molar-refractivity contribution < 1.29 is 19.0 Å². The minimum absolute atomic E-state index is 0.388. The Labute approximate surface area is 111 Å². The van der Waals surface area contributed by atoms with Gasteiger partial charge in [0.25, 0.3) is 0 Å². The molecule has 2 aromatic rings. The summed E-state index contributed by atoms with van der Waals surface area (Å²) in [6.45, 7) is 0.963. The SMILES string of the molecule is COCCOc1ccc2nccc(C(=O)OC)c2c1. The third-order valence-electron chi connectivity index (χ3n) is 2.67. The number of pyridine rings is 1. The lowest BCUT2D eigenvalue weighted by Gasteiger charge is -2.08. The Hall–Kier alpha value is -2.14. The number of ether oxygens (including phenoxy) is 3. The van der Waals surface area contributed by atoms with E-state index < -0.39 is 0 Å². The molecule has 5 nitrogen and oxygen atoms in total. The van der Waals surface area contributed by atoms with Gasteiger partial charge in [0.1, 0.15) is 12.4 Å². The highest BCUT2D eigenvalue weighted by Gasteiger charge is 2.11. The first kappa shape index (κ1) is 13.3. The van der Waals surface area contributed by atoms with Crippen LogP contribution in [-0.4, -0.2) is 38.4 Å². The van der Waals surface area contributed by atoms with Crippen LogP contribution in [0.5, 0.6) is 5.75 Å². The van der Waals surface area contributed by atoms with Gasteiger partial charge in [-0.15, -0.1) is 0 Å². The Balaban J connectivity index is 2.36. The van der Waals surface area contributed by atoms with E-state index in [4.69, 9.17) is 14.2 Å². The van der Waals surface area contributed by atoms with Crippen LogP contribution < -0.4 is 4.74 Å². The monoisotopic (exact) mass is 261 g/mol. The molecule has 1 heterocycles. The number of aromatic nitrogens is 1. The average Bonchev–Trinajstić information content (AvgIpc) is 2.46. The van der Waals surface area contributed by atoms with Gasteiger partial charge >= 0.3 is 5.97 Å². The van der Waals surface area contributed by atoms with Crippen LogP contribution in [0.15, 0.2) is 30.5 Å². The predicted octanol–water partition coefficient (Wildman–Crippen LogP) is 2.05. The molecular weight excluding hydrogens is 246 g/mol. The first-order valence-corrected chi connectivity index (χ1v) is 5.85. The van der Waals surface area contributed by atoms with E-state index in [0.717, 1.165) is 5.52 Å². The molecule has 0 atom stereocenters. The number of carbonyl (C=O) groups is 1. The van der Waals surface area contributed by atoms with E-state index >= 15 is 0 Å². The summed E-state index contributed by atoms with van der Waals surface area (Å²) in [5, 5.41) is 0.712. The maximum atomic E-state index is 11.7. The summed E-state index contributed by atoms with van der Waals surface area (Å²) in [5.41, 5.74) is 1.20. The van der Waals surface area contributed by atoms with E-state index in [1.807, 2.05) is 12.1 Å². The standard InChI is InChI=1S/C14H15NO4/c1-17-7-8-19-10-3-4-13-12(9-10)11(5-6-15-13)14(16)18-2/h3-6,9H,7-8H2,1-2H3. The van der Waals surface area contributed by atoms with Gasteiger partial charge in [0.05, 0.1) is 24.8 Å². The molecule has 100 valence electrons. The molecule has 0 radical (unpaired) electrons. The van der Waals surface area contributed by atoms with Crippen LogP contribution in [0, 0.1) is 0 Å². The molecule has 19 heavy (non-hydrogen) atoms. The van der Waals surface area contributed by atoms with Gasteiger partial charge in [-0.1, -0.05) is 0 Å². The summed E-state index contributed by atoms with van der Waals surface area (Å²) in [6, 6.07) is 7.04. The number of hydrogen-bond donors (Lipinski definition) is 0. The largest absolute Gasteiger partial charge is 0.491 e. The summed E-state index contributed by atoms with van der Waals surface area (Å²) in [6.07, 6.45) is 1.58. The van der Waals surface area contributed by atoms with E-state index in [9.17, 15) is 4.79 Å². The number of hydrogen-bond acceptors (Lipinski definition) is 5. The van der Waals surface area contributed by atoms with Crippen LogP contribution in [0.1, 0.15) is 10.4 Å². The lowest BCUT2D eigenvalue weighted by atomic mass is 10.1.